The highest BCUT2D eigenvalue weighted by molar-refractivity contribution is 5.60. The van der Waals surface area contributed by atoms with Crippen LogP contribution in [0.15, 0.2) is 61.1 Å². The molecule has 1 aromatic carbocycles. The topological polar surface area (TPSA) is 17.3 Å². The molecule has 0 radical (unpaired) electrons. The molecule has 0 atom stereocenters. The molecule has 2 heterocycles. The van der Waals surface area contributed by atoms with Gasteiger partial charge in [0.2, 0.25) is 0 Å². The largest absolute Gasteiger partial charge is 0.320 e. The highest BCUT2D eigenvalue weighted by Gasteiger charge is 1.99. The second-order valence-electron chi connectivity index (χ2n) is 3.48. The summed E-state index contributed by atoms with van der Waals surface area (Å²) in [5, 5.41) is 0. The summed E-state index contributed by atoms with van der Waals surface area (Å²) in [5.41, 5.74) is 3.27. The van der Waals surface area contributed by atoms with Gasteiger partial charge >= 0.3 is 0 Å². The van der Waals surface area contributed by atoms with Gasteiger partial charge in [-0.05, 0) is 12.1 Å². The van der Waals surface area contributed by atoms with E-state index < -0.39 is 0 Å². The quantitative estimate of drug-likeness (QED) is 0.582. The molecule has 0 aliphatic carbocycles. The zero-order valence-electron chi connectivity index (χ0n) is 8.17. The molecule has 0 amide bonds. The van der Waals surface area contributed by atoms with E-state index in [0.717, 1.165) is 16.8 Å². The summed E-state index contributed by atoms with van der Waals surface area (Å²) in [4.78, 5) is 4.43. The van der Waals surface area contributed by atoms with Crippen LogP contribution in [0.3, 0.4) is 0 Å². The van der Waals surface area contributed by atoms with E-state index in [4.69, 9.17) is 0 Å². The van der Waals surface area contributed by atoms with E-state index in [1.165, 1.54) is 0 Å². The number of aromatic nitrogens is 2. The number of rotatable bonds is 1. The molecule has 0 fully saturated rings. The average molecular weight is 194 g/mol. The molecule has 3 rings (SSSR count). The first-order valence-electron chi connectivity index (χ1n) is 4.92. The molecule has 2 aromatic heterocycles. The molecule has 3 aromatic rings. The van der Waals surface area contributed by atoms with Crippen LogP contribution < -0.4 is 0 Å². The molecule has 15 heavy (non-hydrogen) atoms. The Morgan fingerprint density at radius 1 is 0.933 bits per heavy atom. The summed E-state index contributed by atoms with van der Waals surface area (Å²) in [6, 6.07) is 14.3. The lowest BCUT2D eigenvalue weighted by molar-refractivity contribution is 1.15. The zero-order chi connectivity index (χ0) is 10.1. The van der Waals surface area contributed by atoms with E-state index in [0.29, 0.717) is 0 Å². The van der Waals surface area contributed by atoms with E-state index in [9.17, 15) is 0 Å². The molecular weight excluding hydrogens is 184 g/mol. The fourth-order valence-corrected chi connectivity index (χ4v) is 1.69. The highest BCUT2D eigenvalue weighted by atomic mass is 14.9. The predicted molar refractivity (Wildman–Crippen MR) is 60.6 cm³/mol. The van der Waals surface area contributed by atoms with Gasteiger partial charge in [-0.3, -0.25) is 4.98 Å². The van der Waals surface area contributed by atoms with Crippen LogP contribution in [0.5, 0.6) is 0 Å². The smallest absolute Gasteiger partial charge is 0.0868 e. The minimum absolute atomic E-state index is 0.999. The number of nitrogens with zero attached hydrogens (tertiary/aromatic N) is 2. The summed E-state index contributed by atoms with van der Waals surface area (Å²) in [6.45, 7) is 0. The molecule has 72 valence electrons. The molecule has 0 saturated carbocycles. The van der Waals surface area contributed by atoms with Crippen LogP contribution >= 0.6 is 0 Å². The van der Waals surface area contributed by atoms with Crippen molar-refractivity contribution >= 4 is 5.52 Å². The second kappa shape index (κ2) is 3.24. The van der Waals surface area contributed by atoms with E-state index in [1.54, 1.807) is 0 Å². The first-order valence-corrected chi connectivity index (χ1v) is 4.92. The lowest BCUT2D eigenvalue weighted by Gasteiger charge is -2.01. The van der Waals surface area contributed by atoms with E-state index >= 15 is 0 Å². The molecule has 0 aliphatic heterocycles. The summed E-state index contributed by atoms with van der Waals surface area (Å²) in [6.07, 6.45) is 5.97. The Balaban J connectivity index is 2.19. The van der Waals surface area contributed by atoms with Gasteiger partial charge in [0.05, 0.1) is 17.4 Å². The van der Waals surface area contributed by atoms with Crippen molar-refractivity contribution in [3.63, 3.8) is 0 Å². The molecule has 2 heteroatoms. The number of benzene rings is 1. The minimum Gasteiger partial charge on any atom is -0.320 e. The molecule has 0 aliphatic rings. The Morgan fingerprint density at radius 3 is 2.67 bits per heavy atom. The van der Waals surface area contributed by atoms with Gasteiger partial charge in [0.1, 0.15) is 0 Å². The second-order valence-corrected chi connectivity index (χ2v) is 3.48. The Kier molecular flexibility index (Phi) is 1.78. The fourth-order valence-electron chi connectivity index (χ4n) is 1.69. The first kappa shape index (κ1) is 8.24. The summed E-state index contributed by atoms with van der Waals surface area (Å²) in [7, 11) is 0. The van der Waals surface area contributed by atoms with Crippen LogP contribution in [0.2, 0.25) is 0 Å². The molecule has 2 nitrogen and oxygen atoms in total. The molecule has 0 unspecified atom stereocenters. The minimum atomic E-state index is 0.999. The third-order valence-corrected chi connectivity index (χ3v) is 2.48. The van der Waals surface area contributed by atoms with Crippen LogP contribution in [0.25, 0.3) is 16.8 Å². The van der Waals surface area contributed by atoms with Crippen LogP contribution in [-0.2, 0) is 0 Å². The normalized spacial score (nSPS) is 10.7. The van der Waals surface area contributed by atoms with E-state index in [1.807, 2.05) is 48.9 Å². The SMILES string of the molecule is c1ccc(-c2cn3cccc3cn2)cc1. The maximum Gasteiger partial charge on any atom is 0.0868 e. The van der Waals surface area contributed by atoms with Crippen LogP contribution in [0.4, 0.5) is 0 Å². The summed E-state index contributed by atoms with van der Waals surface area (Å²) in [5.74, 6) is 0. The van der Waals surface area contributed by atoms with Crippen molar-refractivity contribution in [1.29, 1.82) is 0 Å². The molecule has 0 spiro atoms. The third kappa shape index (κ3) is 1.40. The first-order chi connectivity index (χ1) is 7.43. The van der Waals surface area contributed by atoms with Gasteiger partial charge in [-0.25, -0.2) is 0 Å². The highest BCUT2D eigenvalue weighted by Crippen LogP contribution is 2.16. The van der Waals surface area contributed by atoms with E-state index in [-0.39, 0.29) is 0 Å². The summed E-state index contributed by atoms with van der Waals surface area (Å²) < 4.78 is 2.08. The van der Waals surface area contributed by atoms with Crippen molar-refractivity contribution in [2.24, 2.45) is 0 Å². The monoisotopic (exact) mass is 194 g/mol. The van der Waals surface area contributed by atoms with Crippen molar-refractivity contribution < 1.29 is 0 Å². The van der Waals surface area contributed by atoms with Gasteiger partial charge in [-0.15, -0.1) is 0 Å². The van der Waals surface area contributed by atoms with Gasteiger partial charge in [-0.1, -0.05) is 30.3 Å². The van der Waals surface area contributed by atoms with Crippen molar-refractivity contribution in [2.75, 3.05) is 0 Å². The van der Waals surface area contributed by atoms with Crippen molar-refractivity contribution in [3.8, 4) is 11.3 Å². The van der Waals surface area contributed by atoms with Crippen molar-refractivity contribution in [3.05, 3.63) is 61.1 Å². The lowest BCUT2D eigenvalue weighted by atomic mass is 10.2. The third-order valence-electron chi connectivity index (χ3n) is 2.48. The van der Waals surface area contributed by atoms with Crippen molar-refractivity contribution in [2.45, 2.75) is 0 Å². The number of hydrogen-bond donors (Lipinski definition) is 0. The standard InChI is InChI=1S/C13H10N2/c1-2-5-11(6-3-1)13-10-15-8-4-7-12(15)9-14-13/h1-10H. The zero-order valence-corrected chi connectivity index (χ0v) is 8.17. The van der Waals surface area contributed by atoms with Crippen LogP contribution in [0, 0.1) is 0 Å². The predicted octanol–water partition coefficient (Wildman–Crippen LogP) is 3.00. The van der Waals surface area contributed by atoms with Crippen LogP contribution in [-0.4, -0.2) is 9.38 Å². The van der Waals surface area contributed by atoms with Gasteiger partial charge in [0.15, 0.2) is 0 Å². The fraction of sp³-hybridized carbons (Fsp3) is 0. The molecule has 0 saturated heterocycles. The Labute approximate surface area is 87.8 Å². The molecule has 0 N–H and O–H groups in total. The maximum absolute atomic E-state index is 4.43. The summed E-state index contributed by atoms with van der Waals surface area (Å²) >= 11 is 0. The van der Waals surface area contributed by atoms with Gasteiger partial charge in [-0.2, -0.15) is 0 Å². The van der Waals surface area contributed by atoms with Gasteiger partial charge in [0.25, 0.3) is 0 Å². The van der Waals surface area contributed by atoms with Gasteiger partial charge in [0, 0.05) is 18.0 Å². The molecular formula is C13H10N2. The number of fused-ring (bicyclic) bond motifs is 1. The Morgan fingerprint density at radius 2 is 1.80 bits per heavy atom. The number of hydrogen-bond acceptors (Lipinski definition) is 1. The Hall–Kier alpha value is -2.09. The van der Waals surface area contributed by atoms with Crippen molar-refractivity contribution in [1.82, 2.24) is 9.38 Å². The average Bonchev–Trinajstić information content (AvgIpc) is 2.77. The van der Waals surface area contributed by atoms with Gasteiger partial charge < -0.3 is 4.40 Å². The lowest BCUT2D eigenvalue weighted by Crippen LogP contribution is -1.88. The maximum atomic E-state index is 4.43. The van der Waals surface area contributed by atoms with Crippen LogP contribution in [0.1, 0.15) is 0 Å². The van der Waals surface area contributed by atoms with E-state index in [2.05, 4.69) is 21.5 Å². The molecule has 0 bridgehead atoms. The Bertz CT molecular complexity index is 582.